The Kier molecular flexibility index (Phi) is 6.66. The number of alkyl halides is 2. The fourth-order valence-corrected chi connectivity index (χ4v) is 3.13. The summed E-state index contributed by atoms with van der Waals surface area (Å²) < 4.78 is 36.4. The third-order valence-electron chi connectivity index (χ3n) is 4.53. The Bertz CT molecular complexity index is 1020. The minimum absolute atomic E-state index is 0.0314. The molecule has 8 heteroatoms. The molecule has 6 nitrogen and oxygen atoms in total. The van der Waals surface area contributed by atoms with Crippen LogP contribution in [-0.4, -0.2) is 36.0 Å². The van der Waals surface area contributed by atoms with E-state index >= 15 is 0 Å². The van der Waals surface area contributed by atoms with Crippen molar-refractivity contribution in [3.63, 3.8) is 0 Å². The minimum atomic E-state index is -2.94. The normalized spacial score (nSPS) is 10.9. The quantitative estimate of drug-likeness (QED) is 0.602. The fraction of sp³-hybridized carbons (Fsp3) is 0.273. The van der Waals surface area contributed by atoms with E-state index in [1.807, 2.05) is 36.7 Å². The van der Waals surface area contributed by atoms with Gasteiger partial charge in [0.05, 0.1) is 18.5 Å². The molecule has 3 rings (SSSR count). The number of aryl methyl sites for hydroxylation is 2. The van der Waals surface area contributed by atoms with Crippen LogP contribution in [0.3, 0.4) is 0 Å². The predicted octanol–water partition coefficient (Wildman–Crippen LogP) is 4.07. The first kappa shape index (κ1) is 21.3. The smallest absolute Gasteiger partial charge is 0.387 e. The summed E-state index contributed by atoms with van der Waals surface area (Å²) in [7, 11) is 1.38. The number of hydrogen-bond acceptors (Lipinski definition) is 4. The average Bonchev–Trinajstić information content (AvgIpc) is 3.06. The SMILES string of the molecule is COc1ccc(CCNC(=O)c2ccc(-n3nc(C)cc3C)cc2)cc1OC(F)F. The van der Waals surface area contributed by atoms with Crippen LogP contribution in [0.2, 0.25) is 0 Å². The Balaban J connectivity index is 1.59. The highest BCUT2D eigenvalue weighted by atomic mass is 19.3. The maximum Gasteiger partial charge on any atom is 0.387 e. The molecule has 0 radical (unpaired) electrons. The lowest BCUT2D eigenvalue weighted by Crippen LogP contribution is -2.25. The Morgan fingerprint density at radius 3 is 2.43 bits per heavy atom. The molecule has 0 aliphatic carbocycles. The maximum absolute atomic E-state index is 12.5. The number of carbonyl (C=O) groups is 1. The summed E-state index contributed by atoms with van der Waals surface area (Å²) in [6.45, 7) is 1.30. The van der Waals surface area contributed by atoms with Gasteiger partial charge in [0.1, 0.15) is 0 Å². The molecule has 2 aromatic carbocycles. The summed E-state index contributed by atoms with van der Waals surface area (Å²) in [6.07, 6.45) is 0.458. The fourth-order valence-electron chi connectivity index (χ4n) is 3.13. The van der Waals surface area contributed by atoms with Gasteiger partial charge in [0, 0.05) is 17.8 Å². The summed E-state index contributed by atoms with van der Waals surface area (Å²) >= 11 is 0. The average molecular weight is 415 g/mol. The number of amides is 1. The predicted molar refractivity (Wildman–Crippen MR) is 109 cm³/mol. The van der Waals surface area contributed by atoms with Gasteiger partial charge in [-0.1, -0.05) is 6.07 Å². The van der Waals surface area contributed by atoms with Crippen LogP contribution < -0.4 is 14.8 Å². The molecular weight excluding hydrogens is 392 g/mol. The first-order valence-corrected chi connectivity index (χ1v) is 9.41. The van der Waals surface area contributed by atoms with E-state index in [0.29, 0.717) is 18.5 Å². The monoisotopic (exact) mass is 415 g/mol. The van der Waals surface area contributed by atoms with Gasteiger partial charge in [0.15, 0.2) is 11.5 Å². The molecule has 0 atom stereocenters. The van der Waals surface area contributed by atoms with Crippen molar-refractivity contribution in [2.75, 3.05) is 13.7 Å². The molecule has 0 unspecified atom stereocenters. The Labute approximate surface area is 173 Å². The van der Waals surface area contributed by atoms with Crippen molar-refractivity contribution in [2.24, 2.45) is 0 Å². The van der Waals surface area contributed by atoms with Gasteiger partial charge in [-0.15, -0.1) is 0 Å². The summed E-state index contributed by atoms with van der Waals surface area (Å²) in [4.78, 5) is 12.4. The van der Waals surface area contributed by atoms with Gasteiger partial charge in [0.2, 0.25) is 0 Å². The number of nitrogens with one attached hydrogen (secondary N) is 1. The van der Waals surface area contributed by atoms with Crippen molar-refractivity contribution in [1.82, 2.24) is 15.1 Å². The van der Waals surface area contributed by atoms with E-state index in [9.17, 15) is 13.6 Å². The third kappa shape index (κ3) is 5.14. The van der Waals surface area contributed by atoms with E-state index in [-0.39, 0.29) is 17.4 Å². The number of aromatic nitrogens is 2. The van der Waals surface area contributed by atoms with Crippen molar-refractivity contribution in [1.29, 1.82) is 0 Å². The molecule has 0 saturated carbocycles. The number of benzene rings is 2. The van der Waals surface area contributed by atoms with E-state index in [4.69, 9.17) is 4.74 Å². The molecule has 158 valence electrons. The van der Waals surface area contributed by atoms with Crippen molar-refractivity contribution in [3.8, 4) is 17.2 Å². The summed E-state index contributed by atoms with van der Waals surface area (Å²) in [5, 5.41) is 7.25. The number of carbonyl (C=O) groups excluding carboxylic acids is 1. The second kappa shape index (κ2) is 9.39. The van der Waals surface area contributed by atoms with Crippen LogP contribution in [0.5, 0.6) is 11.5 Å². The molecule has 30 heavy (non-hydrogen) atoms. The van der Waals surface area contributed by atoms with Gasteiger partial charge in [-0.3, -0.25) is 4.79 Å². The van der Waals surface area contributed by atoms with Crippen LogP contribution in [0.15, 0.2) is 48.5 Å². The van der Waals surface area contributed by atoms with Crippen LogP contribution in [0.4, 0.5) is 8.78 Å². The van der Waals surface area contributed by atoms with Gasteiger partial charge in [-0.25, -0.2) is 4.68 Å². The van der Waals surface area contributed by atoms with Gasteiger partial charge >= 0.3 is 6.61 Å². The van der Waals surface area contributed by atoms with E-state index in [0.717, 1.165) is 22.6 Å². The molecule has 0 fully saturated rings. The number of methoxy groups -OCH3 is 1. The van der Waals surface area contributed by atoms with E-state index in [2.05, 4.69) is 15.2 Å². The molecule has 1 heterocycles. The van der Waals surface area contributed by atoms with E-state index in [1.54, 1.807) is 24.3 Å². The number of hydrogen-bond donors (Lipinski definition) is 1. The molecule has 0 bridgehead atoms. The topological polar surface area (TPSA) is 65.4 Å². The standard InChI is InChI=1S/C22H23F2N3O3/c1-14-12-15(2)27(26-14)18-7-5-17(6-8-18)21(28)25-11-10-16-4-9-19(29-3)20(13-16)30-22(23)24/h4-9,12-13,22H,10-11H2,1-3H3,(H,25,28). The van der Waals surface area contributed by atoms with Gasteiger partial charge in [-0.05, 0) is 68.3 Å². The second-order valence-corrected chi connectivity index (χ2v) is 6.76. The van der Waals surface area contributed by atoms with Crippen LogP contribution in [0.25, 0.3) is 5.69 Å². The third-order valence-corrected chi connectivity index (χ3v) is 4.53. The molecule has 1 N–H and O–H groups in total. The molecule has 1 aromatic heterocycles. The highest BCUT2D eigenvalue weighted by molar-refractivity contribution is 5.94. The molecular formula is C22H23F2N3O3. The summed E-state index contributed by atoms with van der Waals surface area (Å²) in [5.74, 6) is -0.0191. The zero-order valence-electron chi connectivity index (χ0n) is 17.0. The minimum Gasteiger partial charge on any atom is -0.493 e. The molecule has 0 aliphatic rings. The second-order valence-electron chi connectivity index (χ2n) is 6.76. The highest BCUT2D eigenvalue weighted by Crippen LogP contribution is 2.29. The van der Waals surface area contributed by atoms with Crippen molar-refractivity contribution in [3.05, 3.63) is 71.0 Å². The first-order valence-electron chi connectivity index (χ1n) is 9.41. The Hall–Kier alpha value is -3.42. The number of nitrogens with zero attached hydrogens (tertiary/aromatic N) is 2. The zero-order valence-corrected chi connectivity index (χ0v) is 17.0. The van der Waals surface area contributed by atoms with Crippen molar-refractivity contribution >= 4 is 5.91 Å². The largest absolute Gasteiger partial charge is 0.493 e. The van der Waals surface area contributed by atoms with E-state index in [1.165, 1.54) is 13.2 Å². The number of ether oxygens (including phenoxy) is 2. The Morgan fingerprint density at radius 1 is 1.10 bits per heavy atom. The summed E-state index contributed by atoms with van der Waals surface area (Å²) in [5.41, 5.74) is 4.08. The summed E-state index contributed by atoms with van der Waals surface area (Å²) in [6, 6.07) is 13.9. The lowest BCUT2D eigenvalue weighted by molar-refractivity contribution is -0.0512. The number of halogens is 2. The zero-order chi connectivity index (χ0) is 21.7. The van der Waals surface area contributed by atoms with Crippen LogP contribution in [-0.2, 0) is 6.42 Å². The van der Waals surface area contributed by atoms with E-state index < -0.39 is 6.61 Å². The van der Waals surface area contributed by atoms with Crippen LogP contribution in [0, 0.1) is 13.8 Å². The molecule has 3 aromatic rings. The van der Waals surface area contributed by atoms with Crippen molar-refractivity contribution < 1.29 is 23.0 Å². The van der Waals surface area contributed by atoms with Gasteiger partial charge < -0.3 is 14.8 Å². The number of rotatable bonds is 8. The molecule has 0 aliphatic heterocycles. The van der Waals surface area contributed by atoms with Gasteiger partial charge in [0.25, 0.3) is 5.91 Å². The van der Waals surface area contributed by atoms with Crippen LogP contribution >= 0.6 is 0 Å². The maximum atomic E-state index is 12.5. The molecule has 1 amide bonds. The first-order chi connectivity index (χ1) is 14.4. The van der Waals surface area contributed by atoms with Gasteiger partial charge in [-0.2, -0.15) is 13.9 Å². The lowest BCUT2D eigenvalue weighted by Gasteiger charge is -2.12. The van der Waals surface area contributed by atoms with Crippen molar-refractivity contribution in [2.45, 2.75) is 26.9 Å². The Morgan fingerprint density at radius 2 is 1.83 bits per heavy atom. The van der Waals surface area contributed by atoms with Crippen LogP contribution in [0.1, 0.15) is 27.3 Å². The molecule has 0 saturated heterocycles. The lowest BCUT2D eigenvalue weighted by atomic mass is 10.1. The molecule has 0 spiro atoms. The highest BCUT2D eigenvalue weighted by Gasteiger charge is 2.12.